The van der Waals surface area contributed by atoms with Crippen molar-refractivity contribution in [1.29, 1.82) is 0 Å². The van der Waals surface area contributed by atoms with E-state index in [2.05, 4.69) is 15.3 Å². The average molecular weight is 179 g/mol. The summed E-state index contributed by atoms with van der Waals surface area (Å²) in [4.78, 5) is 17.5. The molecule has 4 heteroatoms. The van der Waals surface area contributed by atoms with E-state index in [9.17, 15) is 4.79 Å². The summed E-state index contributed by atoms with van der Waals surface area (Å²) in [7, 11) is 1.94. The zero-order valence-corrected chi connectivity index (χ0v) is 7.63. The van der Waals surface area contributed by atoms with Crippen LogP contribution in [0.15, 0.2) is 11.0 Å². The van der Waals surface area contributed by atoms with Gasteiger partial charge >= 0.3 is 5.69 Å². The van der Waals surface area contributed by atoms with Crippen molar-refractivity contribution in [3.8, 4) is 0 Å². The van der Waals surface area contributed by atoms with Crippen LogP contribution >= 0.6 is 0 Å². The molecule has 1 aromatic heterocycles. The maximum absolute atomic E-state index is 10.9. The highest BCUT2D eigenvalue weighted by atomic mass is 16.1. The lowest BCUT2D eigenvalue weighted by molar-refractivity contribution is 0.486. The molecular formula is C9H13N3O. The molecule has 1 heterocycles. The highest BCUT2D eigenvalue weighted by Crippen LogP contribution is 2.26. The number of nitrogens with zero attached hydrogens (tertiary/aromatic N) is 1. The molecule has 1 atom stereocenters. The quantitative estimate of drug-likeness (QED) is 0.654. The van der Waals surface area contributed by atoms with Gasteiger partial charge < -0.3 is 10.3 Å². The molecule has 1 aromatic rings. The molecular weight excluding hydrogens is 166 g/mol. The van der Waals surface area contributed by atoms with Crippen LogP contribution in [0, 0.1) is 0 Å². The van der Waals surface area contributed by atoms with E-state index in [4.69, 9.17) is 0 Å². The molecule has 0 saturated heterocycles. The Hall–Kier alpha value is -1.16. The first-order valence-corrected chi connectivity index (χ1v) is 4.56. The molecule has 0 aromatic carbocycles. The van der Waals surface area contributed by atoms with E-state index >= 15 is 0 Å². The minimum atomic E-state index is -0.240. The van der Waals surface area contributed by atoms with Crippen LogP contribution in [0.2, 0.25) is 0 Å². The van der Waals surface area contributed by atoms with Gasteiger partial charge in [-0.1, -0.05) is 0 Å². The highest BCUT2D eigenvalue weighted by molar-refractivity contribution is 5.22. The van der Waals surface area contributed by atoms with E-state index in [0.29, 0.717) is 6.04 Å². The van der Waals surface area contributed by atoms with E-state index in [1.165, 1.54) is 0 Å². The Bertz CT molecular complexity index is 358. The summed E-state index contributed by atoms with van der Waals surface area (Å²) >= 11 is 0. The Labute approximate surface area is 76.4 Å². The van der Waals surface area contributed by atoms with Gasteiger partial charge in [-0.25, -0.2) is 9.78 Å². The number of aromatic nitrogens is 2. The number of rotatable bonds is 1. The number of hydrogen-bond donors (Lipinski definition) is 2. The first-order valence-electron chi connectivity index (χ1n) is 4.56. The van der Waals surface area contributed by atoms with Crippen molar-refractivity contribution in [2.75, 3.05) is 7.05 Å². The normalized spacial score (nSPS) is 21.2. The topological polar surface area (TPSA) is 57.8 Å². The van der Waals surface area contributed by atoms with Gasteiger partial charge in [-0.15, -0.1) is 0 Å². The van der Waals surface area contributed by atoms with Crippen LogP contribution in [0.3, 0.4) is 0 Å². The van der Waals surface area contributed by atoms with Crippen LogP contribution in [-0.4, -0.2) is 17.0 Å². The van der Waals surface area contributed by atoms with Crippen molar-refractivity contribution in [3.05, 3.63) is 27.9 Å². The molecule has 70 valence electrons. The number of hydrogen-bond acceptors (Lipinski definition) is 3. The third-order valence-electron chi connectivity index (χ3n) is 2.57. The van der Waals surface area contributed by atoms with E-state index < -0.39 is 0 Å². The first kappa shape index (κ1) is 8.44. The predicted molar refractivity (Wildman–Crippen MR) is 49.6 cm³/mol. The van der Waals surface area contributed by atoms with Gasteiger partial charge in [0.2, 0.25) is 0 Å². The molecule has 0 spiro atoms. The SMILES string of the molecule is CNC1CCCc2[nH]c(=O)ncc21. The number of H-pyrrole nitrogens is 1. The maximum atomic E-state index is 10.9. The third-order valence-corrected chi connectivity index (χ3v) is 2.57. The number of fused-ring (bicyclic) bond motifs is 1. The second-order valence-corrected chi connectivity index (χ2v) is 3.36. The van der Waals surface area contributed by atoms with Gasteiger partial charge in [-0.05, 0) is 26.3 Å². The number of aryl methyl sites for hydroxylation is 1. The van der Waals surface area contributed by atoms with Crippen molar-refractivity contribution < 1.29 is 0 Å². The Morgan fingerprint density at radius 2 is 2.54 bits per heavy atom. The van der Waals surface area contributed by atoms with Crippen molar-refractivity contribution >= 4 is 0 Å². The standard InChI is InChI=1S/C9H13N3O/c1-10-7-3-2-4-8-6(7)5-11-9(13)12-8/h5,7,10H,2-4H2,1H3,(H,11,12,13). The van der Waals surface area contributed by atoms with E-state index in [1.807, 2.05) is 7.05 Å². The Balaban J connectivity index is 2.46. The van der Waals surface area contributed by atoms with Crippen LogP contribution in [0.1, 0.15) is 30.1 Å². The van der Waals surface area contributed by atoms with E-state index in [1.54, 1.807) is 6.20 Å². The van der Waals surface area contributed by atoms with Crippen molar-refractivity contribution in [1.82, 2.24) is 15.3 Å². The Morgan fingerprint density at radius 3 is 3.31 bits per heavy atom. The van der Waals surface area contributed by atoms with Crippen LogP contribution in [0.4, 0.5) is 0 Å². The zero-order valence-electron chi connectivity index (χ0n) is 7.63. The largest absolute Gasteiger partial charge is 0.345 e. The van der Waals surface area contributed by atoms with Gasteiger partial charge in [-0.3, -0.25) is 0 Å². The Morgan fingerprint density at radius 1 is 1.69 bits per heavy atom. The molecule has 0 amide bonds. The molecule has 0 aliphatic heterocycles. The van der Waals surface area contributed by atoms with Crippen LogP contribution in [-0.2, 0) is 6.42 Å². The summed E-state index contributed by atoms with van der Waals surface area (Å²) in [5.41, 5.74) is 1.95. The van der Waals surface area contributed by atoms with Crippen molar-refractivity contribution in [2.45, 2.75) is 25.3 Å². The average Bonchev–Trinajstić information content (AvgIpc) is 2.16. The van der Waals surface area contributed by atoms with Crippen LogP contribution < -0.4 is 11.0 Å². The second kappa shape index (κ2) is 3.30. The molecule has 1 unspecified atom stereocenters. The zero-order chi connectivity index (χ0) is 9.26. The molecule has 2 N–H and O–H groups in total. The van der Waals surface area contributed by atoms with Crippen molar-refractivity contribution in [2.24, 2.45) is 0 Å². The van der Waals surface area contributed by atoms with Crippen LogP contribution in [0.25, 0.3) is 0 Å². The van der Waals surface area contributed by atoms with Gasteiger partial charge in [0.25, 0.3) is 0 Å². The fourth-order valence-electron chi connectivity index (χ4n) is 1.89. The fourth-order valence-corrected chi connectivity index (χ4v) is 1.89. The van der Waals surface area contributed by atoms with Gasteiger partial charge in [-0.2, -0.15) is 0 Å². The lowest BCUT2D eigenvalue weighted by Gasteiger charge is -2.23. The van der Waals surface area contributed by atoms with Crippen LogP contribution in [0.5, 0.6) is 0 Å². The monoisotopic (exact) mass is 179 g/mol. The van der Waals surface area contributed by atoms with Gasteiger partial charge in [0, 0.05) is 23.5 Å². The van der Waals surface area contributed by atoms with Crippen molar-refractivity contribution in [3.63, 3.8) is 0 Å². The molecule has 0 saturated carbocycles. The van der Waals surface area contributed by atoms with Gasteiger partial charge in [0.05, 0.1) is 0 Å². The first-order chi connectivity index (χ1) is 6.31. The minimum Gasteiger partial charge on any atom is -0.313 e. The summed E-state index contributed by atoms with van der Waals surface area (Å²) in [5, 5.41) is 3.22. The molecule has 0 radical (unpaired) electrons. The molecule has 1 aliphatic carbocycles. The smallest absolute Gasteiger partial charge is 0.313 e. The van der Waals surface area contributed by atoms with Gasteiger partial charge in [0.15, 0.2) is 0 Å². The Kier molecular flexibility index (Phi) is 2.14. The van der Waals surface area contributed by atoms with Gasteiger partial charge in [0.1, 0.15) is 0 Å². The number of nitrogens with one attached hydrogen (secondary N) is 2. The second-order valence-electron chi connectivity index (χ2n) is 3.36. The summed E-state index contributed by atoms with van der Waals surface area (Å²) < 4.78 is 0. The molecule has 4 nitrogen and oxygen atoms in total. The van der Waals surface area contributed by atoms with E-state index in [0.717, 1.165) is 30.5 Å². The van der Waals surface area contributed by atoms with E-state index in [-0.39, 0.29) is 5.69 Å². The number of aromatic amines is 1. The molecule has 13 heavy (non-hydrogen) atoms. The molecule has 0 bridgehead atoms. The lowest BCUT2D eigenvalue weighted by Crippen LogP contribution is -2.25. The highest BCUT2D eigenvalue weighted by Gasteiger charge is 2.19. The minimum absolute atomic E-state index is 0.240. The molecule has 0 fully saturated rings. The predicted octanol–water partition coefficient (Wildman–Crippen LogP) is 0.367. The molecule has 1 aliphatic rings. The summed E-state index contributed by atoms with van der Waals surface area (Å²) in [5.74, 6) is 0. The lowest BCUT2D eigenvalue weighted by atomic mass is 9.93. The fraction of sp³-hybridized carbons (Fsp3) is 0.556. The summed E-state index contributed by atoms with van der Waals surface area (Å²) in [6.45, 7) is 0. The maximum Gasteiger partial charge on any atom is 0.345 e. The summed E-state index contributed by atoms with van der Waals surface area (Å²) in [6.07, 6.45) is 4.90. The summed E-state index contributed by atoms with van der Waals surface area (Å²) in [6, 6.07) is 0.355. The molecule has 2 rings (SSSR count). The third kappa shape index (κ3) is 1.49.